The van der Waals surface area contributed by atoms with Crippen molar-refractivity contribution in [3.05, 3.63) is 71.8 Å². The van der Waals surface area contributed by atoms with Gasteiger partial charge < -0.3 is 4.74 Å². The van der Waals surface area contributed by atoms with Gasteiger partial charge in [-0.2, -0.15) is 0 Å². The minimum Gasteiger partial charge on any atom is -0.366 e. The Morgan fingerprint density at radius 2 is 0.788 bits per heavy atom. The molecule has 0 aliphatic carbocycles. The number of rotatable bonds is 20. The summed E-state index contributed by atoms with van der Waals surface area (Å²) in [5.74, 6) is 0. The Balaban J connectivity index is 1.92. The number of ether oxygens (including phenoxy) is 1. The fourth-order valence-corrected chi connectivity index (χ4v) is 4.73. The molecule has 2 rings (SSSR count). The molecule has 0 radical (unpaired) electrons. The van der Waals surface area contributed by atoms with Crippen LogP contribution in [-0.2, 0) is 4.74 Å². The first-order valence-electron chi connectivity index (χ1n) is 14.1. The third-order valence-corrected chi connectivity index (χ3v) is 6.81. The summed E-state index contributed by atoms with van der Waals surface area (Å²) in [4.78, 5) is 0. The molecule has 33 heavy (non-hydrogen) atoms. The van der Waals surface area contributed by atoms with Crippen LogP contribution in [0.4, 0.5) is 0 Å². The third-order valence-electron chi connectivity index (χ3n) is 6.81. The molecule has 0 saturated carbocycles. The van der Waals surface area contributed by atoms with E-state index in [4.69, 9.17) is 4.74 Å². The van der Waals surface area contributed by atoms with Gasteiger partial charge in [0.1, 0.15) is 0 Å². The fourth-order valence-electron chi connectivity index (χ4n) is 4.73. The van der Waals surface area contributed by atoms with E-state index in [0.717, 1.165) is 12.8 Å². The van der Waals surface area contributed by atoms with Crippen LogP contribution in [0.25, 0.3) is 0 Å². The lowest BCUT2D eigenvalue weighted by atomic mass is 9.98. The van der Waals surface area contributed by atoms with E-state index in [0.29, 0.717) is 0 Å². The summed E-state index contributed by atoms with van der Waals surface area (Å²) in [6.07, 6.45) is 21.5. The zero-order valence-corrected chi connectivity index (χ0v) is 21.7. The van der Waals surface area contributed by atoms with Gasteiger partial charge in [0.25, 0.3) is 0 Å². The van der Waals surface area contributed by atoms with Crippen LogP contribution < -0.4 is 0 Å². The summed E-state index contributed by atoms with van der Waals surface area (Å²) in [7, 11) is 0. The van der Waals surface area contributed by atoms with Crippen molar-refractivity contribution < 1.29 is 4.74 Å². The van der Waals surface area contributed by atoms with Gasteiger partial charge >= 0.3 is 0 Å². The Labute approximate surface area is 205 Å². The molecule has 0 heterocycles. The minimum atomic E-state index is 0.191. The van der Waals surface area contributed by atoms with Crippen LogP contribution >= 0.6 is 0 Å². The fraction of sp³-hybridized carbons (Fsp3) is 0.625. The average Bonchev–Trinajstić information content (AvgIpc) is 2.87. The molecule has 0 saturated heterocycles. The van der Waals surface area contributed by atoms with E-state index in [1.54, 1.807) is 0 Å². The predicted octanol–water partition coefficient (Wildman–Crippen LogP) is 10.8. The van der Waals surface area contributed by atoms with Crippen molar-refractivity contribution in [3.63, 3.8) is 0 Å². The number of hydrogen-bond donors (Lipinski definition) is 0. The maximum atomic E-state index is 6.91. The summed E-state index contributed by atoms with van der Waals surface area (Å²) >= 11 is 0. The molecule has 184 valence electrons. The molecule has 0 aliphatic heterocycles. The van der Waals surface area contributed by atoms with Crippen molar-refractivity contribution >= 4 is 0 Å². The summed E-state index contributed by atoms with van der Waals surface area (Å²) in [6.45, 7) is 4.58. The molecule has 2 aromatic carbocycles. The molecule has 0 aromatic heterocycles. The standard InChI is InChI=1S/C32H50O/c1-3-5-7-9-11-13-21-27-31(29-23-17-15-18-24-29)33-32(30-25-19-16-20-26-30)28-22-14-12-10-8-6-4-2/h15-20,23-26,31-32H,3-14,21-22,27-28H2,1-2H3. The molecule has 0 amide bonds. The van der Waals surface area contributed by atoms with Gasteiger partial charge in [-0.25, -0.2) is 0 Å². The molecule has 0 N–H and O–H groups in total. The van der Waals surface area contributed by atoms with Gasteiger partial charge in [0, 0.05) is 0 Å². The molecule has 1 heteroatoms. The van der Waals surface area contributed by atoms with E-state index in [9.17, 15) is 0 Å². The topological polar surface area (TPSA) is 9.23 Å². The van der Waals surface area contributed by atoms with Crippen LogP contribution in [0.3, 0.4) is 0 Å². The zero-order valence-electron chi connectivity index (χ0n) is 21.7. The summed E-state index contributed by atoms with van der Waals surface area (Å²) in [5, 5.41) is 0. The molecule has 0 aliphatic rings. The molecule has 2 atom stereocenters. The molecule has 2 aromatic rings. The Morgan fingerprint density at radius 1 is 0.455 bits per heavy atom. The summed E-state index contributed by atoms with van der Waals surface area (Å²) in [6, 6.07) is 21.9. The largest absolute Gasteiger partial charge is 0.366 e. The number of unbranched alkanes of at least 4 members (excludes halogenated alkanes) is 12. The number of benzene rings is 2. The van der Waals surface area contributed by atoms with Crippen LogP contribution in [0.1, 0.15) is 140 Å². The Bertz CT molecular complexity index is 606. The smallest absolute Gasteiger partial charge is 0.0833 e. The van der Waals surface area contributed by atoms with Crippen LogP contribution in [0.15, 0.2) is 60.7 Å². The Kier molecular flexibility index (Phi) is 15.7. The summed E-state index contributed by atoms with van der Waals surface area (Å²) < 4.78 is 6.91. The van der Waals surface area contributed by atoms with Crippen molar-refractivity contribution in [1.82, 2.24) is 0 Å². The average molecular weight is 451 g/mol. The van der Waals surface area contributed by atoms with Gasteiger partial charge in [0.15, 0.2) is 0 Å². The van der Waals surface area contributed by atoms with Gasteiger partial charge in [-0.05, 0) is 24.0 Å². The molecule has 0 bridgehead atoms. The molecule has 0 fully saturated rings. The molecule has 2 unspecified atom stereocenters. The van der Waals surface area contributed by atoms with Gasteiger partial charge in [0.2, 0.25) is 0 Å². The maximum Gasteiger partial charge on any atom is 0.0833 e. The SMILES string of the molecule is CCCCCCCCCC(OC(CCCCCCCCC)c1ccccc1)c1ccccc1. The second-order valence-corrected chi connectivity index (χ2v) is 9.75. The van der Waals surface area contributed by atoms with Gasteiger partial charge in [-0.3, -0.25) is 0 Å². The highest BCUT2D eigenvalue weighted by Gasteiger charge is 2.19. The van der Waals surface area contributed by atoms with Gasteiger partial charge in [0.05, 0.1) is 12.2 Å². The minimum absolute atomic E-state index is 0.191. The van der Waals surface area contributed by atoms with Crippen LogP contribution in [-0.4, -0.2) is 0 Å². The van der Waals surface area contributed by atoms with E-state index in [-0.39, 0.29) is 12.2 Å². The van der Waals surface area contributed by atoms with Crippen LogP contribution in [0.5, 0.6) is 0 Å². The Hall–Kier alpha value is -1.60. The Morgan fingerprint density at radius 3 is 1.15 bits per heavy atom. The monoisotopic (exact) mass is 450 g/mol. The predicted molar refractivity (Wildman–Crippen MR) is 145 cm³/mol. The van der Waals surface area contributed by atoms with E-state index in [2.05, 4.69) is 74.5 Å². The van der Waals surface area contributed by atoms with Gasteiger partial charge in [-0.1, -0.05) is 164 Å². The quantitative estimate of drug-likeness (QED) is 0.182. The lowest BCUT2D eigenvalue weighted by Gasteiger charge is -2.26. The van der Waals surface area contributed by atoms with E-state index < -0.39 is 0 Å². The first-order chi connectivity index (χ1) is 16.3. The van der Waals surface area contributed by atoms with E-state index >= 15 is 0 Å². The van der Waals surface area contributed by atoms with Crippen molar-refractivity contribution in [1.29, 1.82) is 0 Å². The lowest BCUT2D eigenvalue weighted by Crippen LogP contribution is -2.11. The van der Waals surface area contributed by atoms with Crippen molar-refractivity contribution in [2.45, 2.75) is 129 Å². The molecular formula is C32H50O. The third kappa shape index (κ3) is 12.4. The van der Waals surface area contributed by atoms with Crippen LogP contribution in [0, 0.1) is 0 Å². The van der Waals surface area contributed by atoms with E-state index in [1.807, 2.05) is 0 Å². The first-order valence-corrected chi connectivity index (χ1v) is 14.1. The van der Waals surface area contributed by atoms with E-state index in [1.165, 1.54) is 101 Å². The van der Waals surface area contributed by atoms with Crippen molar-refractivity contribution in [2.75, 3.05) is 0 Å². The molecular weight excluding hydrogens is 400 g/mol. The van der Waals surface area contributed by atoms with Crippen molar-refractivity contribution in [2.24, 2.45) is 0 Å². The zero-order chi connectivity index (χ0) is 23.4. The second kappa shape index (κ2) is 18.8. The highest BCUT2D eigenvalue weighted by molar-refractivity contribution is 5.20. The molecule has 0 spiro atoms. The normalized spacial score (nSPS) is 13.2. The second-order valence-electron chi connectivity index (χ2n) is 9.75. The highest BCUT2D eigenvalue weighted by Crippen LogP contribution is 2.34. The number of hydrogen-bond acceptors (Lipinski definition) is 1. The van der Waals surface area contributed by atoms with Crippen LogP contribution in [0.2, 0.25) is 0 Å². The summed E-state index contributed by atoms with van der Waals surface area (Å²) in [5.41, 5.74) is 2.67. The lowest BCUT2D eigenvalue weighted by molar-refractivity contribution is -0.0264. The maximum absolute atomic E-state index is 6.91. The van der Waals surface area contributed by atoms with Gasteiger partial charge in [-0.15, -0.1) is 0 Å². The first kappa shape index (κ1) is 27.6. The highest BCUT2D eigenvalue weighted by atomic mass is 16.5. The van der Waals surface area contributed by atoms with Crippen molar-refractivity contribution in [3.8, 4) is 0 Å². The molecule has 1 nitrogen and oxygen atoms in total.